The Kier molecular flexibility index (Phi) is 7.99. The summed E-state index contributed by atoms with van der Waals surface area (Å²) in [4.78, 5) is 26.5. The fraction of sp³-hybridized carbons (Fsp3) is 0.273. The molecule has 162 valence electrons. The van der Waals surface area contributed by atoms with Gasteiger partial charge >= 0.3 is 0 Å². The quantitative estimate of drug-likeness (QED) is 0.290. The van der Waals surface area contributed by atoms with E-state index in [0.29, 0.717) is 25.5 Å². The molecular weight excluding hydrogens is 505 g/mol. The normalized spacial score (nSPS) is 13.8. The second kappa shape index (κ2) is 10.9. The lowest BCUT2D eigenvalue weighted by molar-refractivity contribution is -0.117. The average Bonchev–Trinajstić information content (AvgIpc) is 3.47. The van der Waals surface area contributed by atoms with Crippen LogP contribution in [0.15, 0.2) is 66.3 Å². The second-order valence-electron chi connectivity index (χ2n) is 7.09. The van der Waals surface area contributed by atoms with Crippen molar-refractivity contribution in [2.75, 3.05) is 18.5 Å². The number of anilines is 1. The van der Waals surface area contributed by atoms with Crippen LogP contribution in [0.4, 0.5) is 5.69 Å². The molecule has 0 atom stereocenters. The highest BCUT2D eigenvalue weighted by atomic mass is 127. The van der Waals surface area contributed by atoms with Crippen molar-refractivity contribution in [3.63, 3.8) is 0 Å². The largest absolute Gasteiger partial charge is 0.352 e. The molecule has 1 aliphatic rings. The number of nitrogens with one attached hydrogen (secondary N) is 2. The van der Waals surface area contributed by atoms with Crippen LogP contribution in [0, 0.1) is 0 Å². The summed E-state index contributed by atoms with van der Waals surface area (Å²) in [6, 6.07) is 12.1. The van der Waals surface area contributed by atoms with E-state index in [1.54, 1.807) is 19.6 Å². The summed E-state index contributed by atoms with van der Waals surface area (Å²) in [5.41, 5.74) is 3.15. The minimum absolute atomic E-state index is 0. The molecule has 0 aliphatic carbocycles. The summed E-state index contributed by atoms with van der Waals surface area (Å²) in [6.07, 6.45) is 8.74. The monoisotopic (exact) mass is 531 g/mol. The van der Waals surface area contributed by atoms with Crippen LogP contribution in [0.1, 0.15) is 24.0 Å². The Morgan fingerprint density at radius 1 is 1.10 bits per heavy atom. The number of guanidine groups is 1. The lowest BCUT2D eigenvalue weighted by atomic mass is 10.2. The summed E-state index contributed by atoms with van der Waals surface area (Å²) in [6.45, 7) is 2.07. The topological polar surface area (TPSA) is 87.4 Å². The number of nitrogens with zero attached hydrogens (tertiary/aromatic N) is 5. The number of amides is 1. The lowest BCUT2D eigenvalue weighted by Crippen LogP contribution is -2.36. The van der Waals surface area contributed by atoms with Gasteiger partial charge in [0.1, 0.15) is 12.1 Å². The van der Waals surface area contributed by atoms with Crippen molar-refractivity contribution >= 4 is 41.5 Å². The highest BCUT2D eigenvalue weighted by Crippen LogP contribution is 2.21. The van der Waals surface area contributed by atoms with Gasteiger partial charge in [-0.25, -0.2) is 9.97 Å². The summed E-state index contributed by atoms with van der Waals surface area (Å²) < 4.78 is 1.86. The van der Waals surface area contributed by atoms with Crippen LogP contribution in [0.25, 0.3) is 5.82 Å². The molecule has 9 heteroatoms. The Bertz CT molecular complexity index is 1000. The number of pyridine rings is 1. The maximum absolute atomic E-state index is 11.9. The highest BCUT2D eigenvalue weighted by Gasteiger charge is 2.21. The predicted octanol–water partition coefficient (Wildman–Crippen LogP) is 2.88. The van der Waals surface area contributed by atoms with E-state index in [9.17, 15) is 4.79 Å². The third kappa shape index (κ3) is 5.81. The first-order valence-electron chi connectivity index (χ1n) is 10.00. The number of hydrogen-bond donors (Lipinski definition) is 2. The first-order valence-corrected chi connectivity index (χ1v) is 10.00. The molecule has 1 aromatic carbocycles. The molecule has 3 heterocycles. The molecule has 1 saturated heterocycles. The van der Waals surface area contributed by atoms with E-state index in [1.165, 1.54) is 0 Å². The number of benzene rings is 1. The van der Waals surface area contributed by atoms with E-state index in [-0.39, 0.29) is 29.9 Å². The van der Waals surface area contributed by atoms with Crippen molar-refractivity contribution in [2.24, 2.45) is 4.99 Å². The van der Waals surface area contributed by atoms with Gasteiger partial charge in [-0.05, 0) is 35.7 Å². The number of hydrogen-bond acceptors (Lipinski definition) is 4. The molecule has 0 bridgehead atoms. The van der Waals surface area contributed by atoms with E-state index in [1.807, 2.05) is 58.3 Å². The minimum atomic E-state index is 0. The van der Waals surface area contributed by atoms with Gasteiger partial charge in [0.2, 0.25) is 5.91 Å². The van der Waals surface area contributed by atoms with Crippen molar-refractivity contribution in [1.82, 2.24) is 25.2 Å². The van der Waals surface area contributed by atoms with E-state index < -0.39 is 0 Å². The first kappa shape index (κ1) is 22.7. The van der Waals surface area contributed by atoms with Crippen molar-refractivity contribution in [1.29, 1.82) is 0 Å². The molecule has 1 fully saturated rings. The van der Waals surface area contributed by atoms with Gasteiger partial charge in [0.15, 0.2) is 5.96 Å². The molecule has 4 rings (SSSR count). The average molecular weight is 531 g/mol. The Balaban J connectivity index is 0.00000272. The molecule has 0 spiro atoms. The Morgan fingerprint density at radius 3 is 2.42 bits per heavy atom. The number of carbonyl (C=O) groups is 1. The highest BCUT2D eigenvalue weighted by molar-refractivity contribution is 14.0. The molecule has 0 radical (unpaired) electrons. The number of carbonyl (C=O) groups excluding carboxylic acids is 1. The first-order chi connectivity index (χ1) is 14.7. The molecular formula is C22H26IN7O. The number of imidazole rings is 1. The SMILES string of the molecule is CN=C(NCc1ccc(N2CCCC2=O)cc1)NCc1ccc(-n2ccnc2)nc1.I. The van der Waals surface area contributed by atoms with Crippen LogP contribution in [0.2, 0.25) is 0 Å². The summed E-state index contributed by atoms with van der Waals surface area (Å²) in [7, 11) is 1.75. The van der Waals surface area contributed by atoms with Gasteiger partial charge in [-0.3, -0.25) is 14.4 Å². The van der Waals surface area contributed by atoms with Crippen molar-refractivity contribution in [2.45, 2.75) is 25.9 Å². The van der Waals surface area contributed by atoms with Crippen molar-refractivity contribution in [3.8, 4) is 5.82 Å². The van der Waals surface area contributed by atoms with Gasteiger partial charge in [0.05, 0.1) is 0 Å². The third-order valence-corrected chi connectivity index (χ3v) is 5.04. The smallest absolute Gasteiger partial charge is 0.227 e. The van der Waals surface area contributed by atoms with Gasteiger partial charge in [0.25, 0.3) is 0 Å². The van der Waals surface area contributed by atoms with Crippen LogP contribution >= 0.6 is 24.0 Å². The molecule has 2 aromatic heterocycles. The summed E-state index contributed by atoms with van der Waals surface area (Å²) in [5, 5.41) is 6.61. The maximum Gasteiger partial charge on any atom is 0.227 e. The van der Waals surface area contributed by atoms with Gasteiger partial charge in [-0.1, -0.05) is 18.2 Å². The molecule has 0 unspecified atom stereocenters. The number of halogens is 1. The molecule has 8 nitrogen and oxygen atoms in total. The van der Waals surface area contributed by atoms with Gasteiger partial charge in [-0.15, -0.1) is 24.0 Å². The molecule has 0 saturated carbocycles. The van der Waals surface area contributed by atoms with Gasteiger partial charge in [-0.2, -0.15) is 0 Å². The minimum Gasteiger partial charge on any atom is -0.352 e. The van der Waals surface area contributed by atoms with E-state index in [0.717, 1.165) is 35.6 Å². The van der Waals surface area contributed by atoms with Crippen LogP contribution < -0.4 is 15.5 Å². The van der Waals surface area contributed by atoms with Crippen LogP contribution in [-0.4, -0.2) is 40.0 Å². The molecule has 3 aromatic rings. The second-order valence-corrected chi connectivity index (χ2v) is 7.09. The summed E-state index contributed by atoms with van der Waals surface area (Å²) in [5.74, 6) is 1.75. The Labute approximate surface area is 198 Å². The van der Waals surface area contributed by atoms with Crippen LogP contribution in [0.5, 0.6) is 0 Å². The zero-order valence-electron chi connectivity index (χ0n) is 17.4. The fourth-order valence-electron chi connectivity index (χ4n) is 3.38. The van der Waals surface area contributed by atoms with Crippen molar-refractivity contribution in [3.05, 3.63) is 72.4 Å². The summed E-state index contributed by atoms with van der Waals surface area (Å²) >= 11 is 0. The van der Waals surface area contributed by atoms with Gasteiger partial charge < -0.3 is 15.5 Å². The molecule has 2 N–H and O–H groups in total. The van der Waals surface area contributed by atoms with E-state index >= 15 is 0 Å². The molecule has 31 heavy (non-hydrogen) atoms. The molecule has 1 amide bonds. The zero-order valence-corrected chi connectivity index (χ0v) is 19.7. The van der Waals surface area contributed by atoms with Crippen LogP contribution in [-0.2, 0) is 17.9 Å². The molecule has 1 aliphatic heterocycles. The third-order valence-electron chi connectivity index (χ3n) is 5.04. The number of rotatable bonds is 6. The van der Waals surface area contributed by atoms with E-state index in [4.69, 9.17) is 0 Å². The Hall–Kier alpha value is -2.95. The fourth-order valence-corrected chi connectivity index (χ4v) is 3.38. The van der Waals surface area contributed by atoms with Gasteiger partial charge in [0, 0.05) is 57.4 Å². The van der Waals surface area contributed by atoms with Crippen LogP contribution in [0.3, 0.4) is 0 Å². The standard InChI is InChI=1S/C22H25N7O.HI/c1-23-22(27-15-18-6-9-20(25-14-18)28-12-10-24-16-28)26-13-17-4-7-19(8-5-17)29-11-2-3-21(29)30;/h4-10,12,14,16H,2-3,11,13,15H2,1H3,(H2,23,26,27);1H. The zero-order chi connectivity index (χ0) is 20.8. The predicted molar refractivity (Wildman–Crippen MR) is 132 cm³/mol. The maximum atomic E-state index is 11.9. The number of aliphatic imine (C=N–C) groups is 1. The Morgan fingerprint density at radius 2 is 1.84 bits per heavy atom. The van der Waals surface area contributed by atoms with E-state index in [2.05, 4.69) is 25.6 Å². The lowest BCUT2D eigenvalue weighted by Gasteiger charge is -2.16. The van der Waals surface area contributed by atoms with Crippen molar-refractivity contribution < 1.29 is 4.79 Å². The number of aromatic nitrogens is 3.